The molecule has 9 heteroatoms. The number of carbonyl (C=O) groups is 1. The summed E-state index contributed by atoms with van der Waals surface area (Å²) in [7, 11) is 1.56. The number of ether oxygens (including phenoxy) is 1. The predicted molar refractivity (Wildman–Crippen MR) is 98.1 cm³/mol. The minimum absolute atomic E-state index is 0.0584. The van der Waals surface area contributed by atoms with Crippen LogP contribution < -0.4 is 4.80 Å². The molecule has 0 aliphatic carbocycles. The fourth-order valence-electron chi connectivity index (χ4n) is 2.44. The van der Waals surface area contributed by atoms with E-state index in [2.05, 4.69) is 4.99 Å². The summed E-state index contributed by atoms with van der Waals surface area (Å²) in [5, 5.41) is 0. The van der Waals surface area contributed by atoms with E-state index in [9.17, 15) is 18.0 Å². The summed E-state index contributed by atoms with van der Waals surface area (Å²) >= 11 is 1.30. The number of alkyl halides is 3. The molecule has 0 fully saturated rings. The number of hydrogen-bond donors (Lipinski definition) is 0. The minimum Gasteiger partial charge on any atom is -0.383 e. The maximum absolute atomic E-state index is 12.8. The average Bonchev–Trinajstić information content (AvgIpc) is 2.94. The van der Waals surface area contributed by atoms with Crippen molar-refractivity contribution in [2.45, 2.75) is 33.0 Å². The van der Waals surface area contributed by atoms with Crippen molar-refractivity contribution in [3.63, 3.8) is 0 Å². The summed E-state index contributed by atoms with van der Waals surface area (Å²) in [6.07, 6.45) is -2.65. The van der Waals surface area contributed by atoms with Crippen LogP contribution in [-0.4, -0.2) is 41.8 Å². The van der Waals surface area contributed by atoms with Gasteiger partial charge in [0.1, 0.15) is 0 Å². The second-order valence-corrected chi connectivity index (χ2v) is 7.43. The zero-order chi connectivity index (χ0) is 20.2. The van der Waals surface area contributed by atoms with Crippen LogP contribution in [0, 0.1) is 6.92 Å². The molecule has 2 amide bonds. The first-order chi connectivity index (χ1) is 12.6. The van der Waals surface area contributed by atoms with Crippen molar-refractivity contribution < 1.29 is 22.7 Å². The number of carbonyl (C=O) groups excluding carboxylic acids is 1. The molecule has 1 aromatic carbocycles. The Morgan fingerprint density at radius 1 is 1.30 bits per heavy atom. The van der Waals surface area contributed by atoms with Crippen molar-refractivity contribution in [1.29, 1.82) is 0 Å². The molecule has 1 aromatic heterocycles. The number of nitrogens with zero attached hydrogens (tertiary/aromatic N) is 3. The summed E-state index contributed by atoms with van der Waals surface area (Å²) in [4.78, 5) is 19.6. The molecule has 0 bridgehead atoms. The summed E-state index contributed by atoms with van der Waals surface area (Å²) in [6.45, 7) is 6.40. The Morgan fingerprint density at radius 3 is 2.44 bits per heavy atom. The Balaban J connectivity index is 2.39. The molecule has 0 atom stereocenters. The Bertz CT molecular complexity index is 839. The van der Waals surface area contributed by atoms with Crippen LogP contribution in [0.2, 0.25) is 0 Å². The lowest BCUT2D eigenvalue weighted by molar-refractivity contribution is -0.137. The van der Waals surface area contributed by atoms with Crippen LogP contribution in [0.4, 0.5) is 18.0 Å². The number of aryl methyl sites for hydroxylation is 1. The van der Waals surface area contributed by atoms with Gasteiger partial charge in [-0.05, 0) is 45.0 Å². The lowest BCUT2D eigenvalue weighted by Crippen LogP contribution is -2.38. The van der Waals surface area contributed by atoms with Gasteiger partial charge in [-0.2, -0.15) is 18.2 Å². The molecule has 0 unspecified atom stereocenters. The fraction of sp³-hybridized carbons (Fsp3) is 0.444. The smallest absolute Gasteiger partial charge is 0.383 e. The van der Waals surface area contributed by atoms with Crippen LogP contribution >= 0.6 is 11.3 Å². The highest BCUT2D eigenvalue weighted by Crippen LogP contribution is 2.29. The number of thiazole rings is 1. The van der Waals surface area contributed by atoms with Gasteiger partial charge in [0, 0.05) is 36.5 Å². The Labute approximate surface area is 159 Å². The van der Waals surface area contributed by atoms with Gasteiger partial charge in [0.05, 0.1) is 12.2 Å². The summed E-state index contributed by atoms with van der Waals surface area (Å²) in [5.74, 6) is 0. The van der Waals surface area contributed by atoms with E-state index in [0.29, 0.717) is 23.6 Å². The van der Waals surface area contributed by atoms with Gasteiger partial charge < -0.3 is 9.64 Å². The molecular weight excluding hydrogens is 379 g/mol. The zero-order valence-electron chi connectivity index (χ0n) is 15.6. The third-order valence-electron chi connectivity index (χ3n) is 3.84. The third kappa shape index (κ3) is 5.43. The van der Waals surface area contributed by atoms with Crippen molar-refractivity contribution in [3.8, 4) is 5.69 Å². The summed E-state index contributed by atoms with van der Waals surface area (Å²) in [6, 6.07) is 4.29. The quantitative estimate of drug-likeness (QED) is 0.752. The van der Waals surface area contributed by atoms with Crippen LogP contribution in [0.25, 0.3) is 5.69 Å². The van der Waals surface area contributed by atoms with Crippen LogP contribution in [0.1, 0.15) is 24.3 Å². The Morgan fingerprint density at radius 2 is 1.93 bits per heavy atom. The molecule has 2 aromatic rings. The second-order valence-electron chi connectivity index (χ2n) is 6.21. The summed E-state index contributed by atoms with van der Waals surface area (Å²) < 4.78 is 44.9. The minimum atomic E-state index is -4.39. The van der Waals surface area contributed by atoms with E-state index < -0.39 is 17.8 Å². The Hall–Kier alpha value is -2.13. The predicted octanol–water partition coefficient (Wildman–Crippen LogP) is 4.24. The van der Waals surface area contributed by atoms with Crippen LogP contribution in [0.5, 0.6) is 0 Å². The van der Waals surface area contributed by atoms with Gasteiger partial charge >= 0.3 is 12.2 Å². The third-order valence-corrected chi connectivity index (χ3v) is 4.74. The molecule has 0 spiro atoms. The van der Waals surface area contributed by atoms with Crippen molar-refractivity contribution in [3.05, 3.63) is 45.7 Å². The molecule has 0 saturated carbocycles. The summed E-state index contributed by atoms with van der Waals surface area (Å²) in [5.41, 5.74) is -0.217. The lowest BCUT2D eigenvalue weighted by atomic mass is 10.2. The number of methoxy groups -OCH3 is 1. The van der Waals surface area contributed by atoms with Crippen LogP contribution in [-0.2, 0) is 10.9 Å². The van der Waals surface area contributed by atoms with E-state index in [4.69, 9.17) is 4.74 Å². The van der Waals surface area contributed by atoms with Crippen LogP contribution in [0.3, 0.4) is 0 Å². The van der Waals surface area contributed by atoms with Crippen molar-refractivity contribution in [2.75, 3.05) is 20.3 Å². The first-order valence-corrected chi connectivity index (χ1v) is 9.16. The zero-order valence-corrected chi connectivity index (χ0v) is 16.4. The molecule has 0 aliphatic heterocycles. The molecule has 0 aliphatic rings. The first-order valence-electron chi connectivity index (χ1n) is 8.34. The number of halogens is 3. The number of rotatable bonds is 5. The van der Waals surface area contributed by atoms with Crippen molar-refractivity contribution in [1.82, 2.24) is 9.47 Å². The van der Waals surface area contributed by atoms with Crippen molar-refractivity contribution >= 4 is 17.4 Å². The molecule has 148 valence electrons. The standard InChI is InChI=1S/C18H22F3N3O2S/c1-12(2)23(9-10-26-4)16(25)22-17-24(11-13(3)27-17)15-7-5-14(6-8-15)18(19,20)21/h5-8,11-12H,9-10H2,1-4H3. The van der Waals surface area contributed by atoms with Gasteiger partial charge in [0.15, 0.2) is 4.80 Å². The molecule has 2 rings (SSSR count). The molecule has 27 heavy (non-hydrogen) atoms. The molecule has 0 radical (unpaired) electrons. The topological polar surface area (TPSA) is 46.8 Å². The molecular formula is C18H22F3N3O2S. The number of amides is 2. The van der Waals surface area contributed by atoms with Crippen LogP contribution in [0.15, 0.2) is 35.5 Å². The number of hydrogen-bond acceptors (Lipinski definition) is 3. The molecule has 1 heterocycles. The number of aromatic nitrogens is 1. The van der Waals surface area contributed by atoms with E-state index >= 15 is 0 Å². The maximum atomic E-state index is 12.8. The number of benzene rings is 1. The largest absolute Gasteiger partial charge is 0.416 e. The normalized spacial score (nSPS) is 12.7. The average molecular weight is 401 g/mol. The Kier molecular flexibility index (Phi) is 6.83. The fourth-order valence-corrected chi connectivity index (χ4v) is 3.27. The van der Waals surface area contributed by atoms with E-state index in [0.717, 1.165) is 17.0 Å². The van der Waals surface area contributed by atoms with Gasteiger partial charge in [-0.15, -0.1) is 11.3 Å². The van der Waals surface area contributed by atoms with Gasteiger partial charge in [-0.1, -0.05) is 0 Å². The van der Waals surface area contributed by atoms with Gasteiger partial charge in [-0.3, -0.25) is 4.57 Å². The highest BCUT2D eigenvalue weighted by atomic mass is 32.1. The second kappa shape index (κ2) is 8.71. The monoisotopic (exact) mass is 401 g/mol. The van der Waals surface area contributed by atoms with E-state index in [1.807, 2.05) is 20.8 Å². The number of urea groups is 1. The van der Waals surface area contributed by atoms with Gasteiger partial charge in [0.2, 0.25) is 0 Å². The lowest BCUT2D eigenvalue weighted by Gasteiger charge is -2.23. The highest BCUT2D eigenvalue weighted by molar-refractivity contribution is 7.09. The molecule has 0 saturated heterocycles. The SMILES string of the molecule is COCCN(C(=O)N=c1sc(C)cn1-c1ccc(C(F)(F)F)cc1)C(C)C. The van der Waals surface area contributed by atoms with Gasteiger partial charge in [-0.25, -0.2) is 4.79 Å². The van der Waals surface area contributed by atoms with E-state index in [1.165, 1.54) is 23.5 Å². The molecule has 5 nitrogen and oxygen atoms in total. The van der Waals surface area contributed by atoms with E-state index in [-0.39, 0.29) is 6.04 Å². The van der Waals surface area contributed by atoms with Gasteiger partial charge in [0.25, 0.3) is 0 Å². The van der Waals surface area contributed by atoms with E-state index in [1.54, 1.807) is 22.8 Å². The maximum Gasteiger partial charge on any atom is 0.416 e. The molecule has 0 N–H and O–H groups in total. The first kappa shape index (κ1) is 21.2. The van der Waals surface area contributed by atoms with Crippen molar-refractivity contribution in [2.24, 2.45) is 4.99 Å². The highest BCUT2D eigenvalue weighted by Gasteiger charge is 2.30.